The van der Waals surface area contributed by atoms with Crippen LogP contribution in [-0.2, 0) is 43.7 Å². The molecule has 2 amide bonds. The first-order chi connectivity index (χ1) is 22.2. The van der Waals surface area contributed by atoms with Gasteiger partial charge in [0.1, 0.15) is 11.8 Å². The maximum absolute atomic E-state index is 14.0. The third-order valence-electron chi connectivity index (χ3n) is 8.11. The van der Waals surface area contributed by atoms with Gasteiger partial charge in [0.15, 0.2) is 0 Å². The molecule has 3 aromatic carbocycles. The monoisotopic (exact) mass is 649 g/mol. The molecule has 1 atom stereocenters. The largest absolute Gasteiger partial charge is 0.497 e. The van der Waals surface area contributed by atoms with E-state index in [9.17, 15) is 18.0 Å². The van der Waals surface area contributed by atoms with Gasteiger partial charge in [0, 0.05) is 45.6 Å². The lowest BCUT2D eigenvalue weighted by molar-refractivity contribution is -0.141. The second-order valence-corrected chi connectivity index (χ2v) is 13.8. The van der Waals surface area contributed by atoms with Gasteiger partial charge in [-0.15, -0.1) is 0 Å². The summed E-state index contributed by atoms with van der Waals surface area (Å²) in [6.45, 7) is 6.27. The highest BCUT2D eigenvalue weighted by Gasteiger charge is 2.30. The number of carbonyl (C=O) groups is 2. The predicted molar refractivity (Wildman–Crippen MR) is 179 cm³/mol. The van der Waals surface area contributed by atoms with Gasteiger partial charge in [0.25, 0.3) is 0 Å². The standard InChI is InChI=1S/C36H47N3O6S/c1-28(2)45-25-9-22-37-36(41)34(26-30-10-5-4-6-11-30)39(27-31-12-17-32(44-3)18-13-31)35(40)21-16-29-14-19-33(20-15-29)46(42,43)38-23-7-8-24-38/h4-6,10-15,17-20,28,34H,7-9,16,21-27H2,1-3H3,(H,37,41). The number of carbonyl (C=O) groups excluding carboxylic acids is 2. The molecule has 1 saturated heterocycles. The number of nitrogens with zero attached hydrogens (tertiary/aromatic N) is 2. The van der Waals surface area contributed by atoms with E-state index in [4.69, 9.17) is 9.47 Å². The lowest BCUT2D eigenvalue weighted by atomic mass is 10.0. The number of hydrogen-bond donors (Lipinski definition) is 1. The van der Waals surface area contributed by atoms with Crippen LogP contribution in [0.4, 0.5) is 0 Å². The van der Waals surface area contributed by atoms with Crippen molar-refractivity contribution < 1.29 is 27.5 Å². The van der Waals surface area contributed by atoms with Crippen molar-refractivity contribution >= 4 is 21.8 Å². The Kier molecular flexibility index (Phi) is 13.2. The van der Waals surface area contributed by atoms with E-state index < -0.39 is 16.1 Å². The average molecular weight is 650 g/mol. The Labute approximate surface area is 273 Å². The molecular formula is C36H47N3O6S. The first-order valence-electron chi connectivity index (χ1n) is 16.1. The Morgan fingerprint density at radius 3 is 2.17 bits per heavy atom. The molecule has 248 valence electrons. The maximum atomic E-state index is 14.0. The van der Waals surface area contributed by atoms with Gasteiger partial charge in [0.05, 0.1) is 18.1 Å². The van der Waals surface area contributed by atoms with Gasteiger partial charge in [0.2, 0.25) is 21.8 Å². The molecule has 3 aromatic rings. The first-order valence-corrected chi connectivity index (χ1v) is 17.6. The van der Waals surface area contributed by atoms with Crippen molar-refractivity contribution in [2.24, 2.45) is 0 Å². The molecule has 0 aromatic heterocycles. The first kappa shape index (κ1) is 35.1. The van der Waals surface area contributed by atoms with Gasteiger partial charge in [-0.2, -0.15) is 4.31 Å². The topological polar surface area (TPSA) is 105 Å². The van der Waals surface area contributed by atoms with Crippen LogP contribution in [0.15, 0.2) is 83.8 Å². The summed E-state index contributed by atoms with van der Waals surface area (Å²) in [5.41, 5.74) is 2.68. The summed E-state index contributed by atoms with van der Waals surface area (Å²) < 4.78 is 38.4. The number of ether oxygens (including phenoxy) is 2. The lowest BCUT2D eigenvalue weighted by Gasteiger charge is -2.32. The van der Waals surface area contributed by atoms with Crippen LogP contribution < -0.4 is 10.1 Å². The van der Waals surface area contributed by atoms with Gasteiger partial charge in [-0.25, -0.2) is 8.42 Å². The maximum Gasteiger partial charge on any atom is 0.243 e. The molecule has 0 aliphatic carbocycles. The average Bonchev–Trinajstić information content (AvgIpc) is 3.62. The molecule has 46 heavy (non-hydrogen) atoms. The molecule has 1 aliphatic heterocycles. The summed E-state index contributed by atoms with van der Waals surface area (Å²) >= 11 is 0. The summed E-state index contributed by atoms with van der Waals surface area (Å²) in [6, 6.07) is 23.3. The summed E-state index contributed by atoms with van der Waals surface area (Å²) in [6.07, 6.45) is 3.47. The van der Waals surface area contributed by atoms with E-state index in [-0.39, 0.29) is 35.8 Å². The SMILES string of the molecule is COc1ccc(CN(C(=O)CCc2ccc(S(=O)(=O)N3CCCC3)cc2)C(Cc2ccccc2)C(=O)NCCCOC(C)C)cc1. The Balaban J connectivity index is 1.53. The van der Waals surface area contributed by atoms with Gasteiger partial charge in [-0.1, -0.05) is 54.6 Å². The Hall–Kier alpha value is -3.73. The predicted octanol–water partition coefficient (Wildman–Crippen LogP) is 4.98. The van der Waals surface area contributed by atoms with Gasteiger partial charge in [-0.05, 0) is 80.5 Å². The Bertz CT molecular complexity index is 1490. The van der Waals surface area contributed by atoms with E-state index in [1.54, 1.807) is 36.3 Å². The van der Waals surface area contributed by atoms with Crippen LogP contribution in [0.1, 0.15) is 56.2 Å². The van der Waals surface area contributed by atoms with Gasteiger partial charge in [-0.3, -0.25) is 9.59 Å². The second-order valence-electron chi connectivity index (χ2n) is 11.9. The summed E-state index contributed by atoms with van der Waals surface area (Å²) in [4.78, 5) is 29.7. The highest BCUT2D eigenvalue weighted by molar-refractivity contribution is 7.89. The molecule has 4 rings (SSSR count). The van der Waals surface area contributed by atoms with E-state index in [1.807, 2.05) is 68.4 Å². The number of aryl methyl sites for hydroxylation is 1. The van der Waals surface area contributed by atoms with Crippen molar-refractivity contribution in [1.82, 2.24) is 14.5 Å². The fraction of sp³-hybridized carbons (Fsp3) is 0.444. The lowest BCUT2D eigenvalue weighted by Crippen LogP contribution is -2.50. The van der Waals surface area contributed by atoms with Crippen molar-refractivity contribution in [2.45, 2.75) is 76.0 Å². The third-order valence-corrected chi connectivity index (χ3v) is 10.0. The van der Waals surface area contributed by atoms with Crippen LogP contribution in [0.2, 0.25) is 0 Å². The molecule has 0 spiro atoms. The van der Waals surface area contributed by atoms with Crippen molar-refractivity contribution in [3.05, 3.63) is 95.6 Å². The van der Waals surface area contributed by atoms with Crippen molar-refractivity contribution in [3.8, 4) is 5.75 Å². The normalized spacial score (nSPS) is 14.3. The molecule has 1 fully saturated rings. The summed E-state index contributed by atoms with van der Waals surface area (Å²) in [7, 11) is -1.91. The number of nitrogens with one attached hydrogen (secondary N) is 1. The quantitative estimate of drug-likeness (QED) is 0.207. The number of rotatable bonds is 17. The van der Waals surface area contributed by atoms with Crippen molar-refractivity contribution in [3.63, 3.8) is 0 Å². The van der Waals surface area contributed by atoms with E-state index >= 15 is 0 Å². The van der Waals surface area contributed by atoms with E-state index in [1.165, 1.54) is 4.31 Å². The molecule has 1 aliphatic rings. The number of methoxy groups -OCH3 is 1. The molecular weight excluding hydrogens is 602 g/mol. The van der Waals surface area contributed by atoms with Gasteiger partial charge >= 0.3 is 0 Å². The smallest absolute Gasteiger partial charge is 0.243 e. The highest BCUT2D eigenvalue weighted by atomic mass is 32.2. The molecule has 0 saturated carbocycles. The van der Waals surface area contributed by atoms with Crippen LogP contribution in [0.5, 0.6) is 5.75 Å². The van der Waals surface area contributed by atoms with Crippen LogP contribution in [0.3, 0.4) is 0 Å². The number of benzene rings is 3. The zero-order valence-corrected chi connectivity index (χ0v) is 28.0. The van der Waals surface area contributed by atoms with Crippen LogP contribution in [0.25, 0.3) is 0 Å². The van der Waals surface area contributed by atoms with E-state index in [0.717, 1.165) is 29.5 Å². The van der Waals surface area contributed by atoms with Gasteiger partial charge < -0.3 is 19.7 Å². The zero-order valence-electron chi connectivity index (χ0n) is 27.2. The summed E-state index contributed by atoms with van der Waals surface area (Å²) in [5.74, 6) is 0.328. The number of amides is 2. The zero-order chi connectivity index (χ0) is 32.9. The molecule has 0 bridgehead atoms. The van der Waals surface area contributed by atoms with E-state index in [0.29, 0.717) is 51.3 Å². The van der Waals surface area contributed by atoms with Crippen LogP contribution >= 0.6 is 0 Å². The molecule has 9 nitrogen and oxygen atoms in total. The van der Waals surface area contributed by atoms with Crippen LogP contribution in [-0.4, -0.2) is 74.9 Å². The third kappa shape index (κ3) is 10.1. The minimum absolute atomic E-state index is 0.116. The molecule has 1 N–H and O–H groups in total. The molecule has 0 radical (unpaired) electrons. The highest BCUT2D eigenvalue weighted by Crippen LogP contribution is 2.23. The minimum Gasteiger partial charge on any atom is -0.497 e. The minimum atomic E-state index is -3.51. The second kappa shape index (κ2) is 17.3. The fourth-order valence-electron chi connectivity index (χ4n) is 5.50. The molecule has 1 unspecified atom stereocenters. The van der Waals surface area contributed by atoms with Crippen molar-refractivity contribution in [2.75, 3.05) is 33.4 Å². The van der Waals surface area contributed by atoms with E-state index in [2.05, 4.69) is 5.32 Å². The van der Waals surface area contributed by atoms with Crippen molar-refractivity contribution in [1.29, 1.82) is 0 Å². The number of hydrogen-bond acceptors (Lipinski definition) is 6. The summed E-state index contributed by atoms with van der Waals surface area (Å²) in [5, 5.41) is 3.04. The Morgan fingerprint density at radius 2 is 1.54 bits per heavy atom. The van der Waals surface area contributed by atoms with Crippen LogP contribution in [0, 0.1) is 0 Å². The Morgan fingerprint density at radius 1 is 0.891 bits per heavy atom. The molecule has 1 heterocycles. The fourth-order valence-corrected chi connectivity index (χ4v) is 7.02. The number of sulfonamides is 1. The molecule has 10 heteroatoms.